The highest BCUT2D eigenvalue weighted by Crippen LogP contribution is 2.34. The van der Waals surface area contributed by atoms with Gasteiger partial charge < -0.3 is 30.1 Å². The molecule has 0 saturated carbocycles. The van der Waals surface area contributed by atoms with Gasteiger partial charge in [0.15, 0.2) is 11.6 Å². The number of aliphatic hydroxyl groups excluding tert-OH is 1. The molecule has 3 N–H and O–H groups in total. The number of β-amino-alcohol motifs (C(OH)–C–C–N with tert-alkyl or cyclic N) is 1. The molecule has 48 heavy (non-hydrogen) atoms. The molecule has 3 aromatic rings. The molecule has 0 radical (unpaired) electrons. The van der Waals surface area contributed by atoms with Crippen molar-refractivity contribution in [3.8, 4) is 10.4 Å². The average Bonchev–Trinajstić information content (AvgIpc) is 3.82. The monoisotopic (exact) mass is 677 g/mol. The number of aliphatic hydroxyl groups is 1. The summed E-state index contributed by atoms with van der Waals surface area (Å²) in [6.07, 6.45) is 1.84. The number of aromatic nitrogens is 2. The minimum absolute atomic E-state index is 0.0954. The van der Waals surface area contributed by atoms with E-state index in [9.17, 15) is 14.7 Å². The van der Waals surface area contributed by atoms with Gasteiger partial charge in [-0.15, -0.1) is 11.3 Å². The number of likely N-dealkylation sites (tertiary alicyclic amines) is 1. The molecule has 5 heterocycles. The number of hydrogen-bond donors (Lipinski definition) is 3. The summed E-state index contributed by atoms with van der Waals surface area (Å²) in [6, 6.07) is 8.96. The van der Waals surface area contributed by atoms with Gasteiger partial charge in [0.25, 0.3) is 0 Å². The molecular formula is C36H51N7O4S. The molecule has 1 aromatic carbocycles. The second-order valence-electron chi connectivity index (χ2n) is 14.6. The lowest BCUT2D eigenvalue weighted by Crippen LogP contribution is -2.51. The third-order valence-electron chi connectivity index (χ3n) is 10.5. The molecule has 3 aliphatic heterocycles. The number of benzene rings is 1. The number of carbonyl (C=O) groups is 2. The number of nitrogens with zero attached hydrogens (tertiary/aromatic N) is 5. The highest BCUT2D eigenvalue weighted by atomic mass is 32.1. The van der Waals surface area contributed by atoms with Gasteiger partial charge in [-0.25, -0.2) is 4.98 Å². The number of piperazine rings is 1. The normalized spacial score (nSPS) is 23.0. The van der Waals surface area contributed by atoms with Gasteiger partial charge in [-0.05, 0) is 62.2 Å². The number of anilines is 1. The molecule has 0 unspecified atom stereocenters. The van der Waals surface area contributed by atoms with Gasteiger partial charge in [-0.1, -0.05) is 50.2 Å². The summed E-state index contributed by atoms with van der Waals surface area (Å²) in [5, 5.41) is 21.6. The summed E-state index contributed by atoms with van der Waals surface area (Å²) in [5.74, 6) is 0.0420. The zero-order valence-corrected chi connectivity index (χ0v) is 29.8. The zero-order chi connectivity index (χ0) is 34.0. The van der Waals surface area contributed by atoms with E-state index in [0.717, 1.165) is 73.3 Å². The molecule has 3 aliphatic rings. The van der Waals surface area contributed by atoms with Crippen LogP contribution in [-0.2, 0) is 9.59 Å². The van der Waals surface area contributed by atoms with Crippen LogP contribution in [-0.4, -0.2) is 101 Å². The van der Waals surface area contributed by atoms with E-state index in [1.165, 1.54) is 17.7 Å². The first-order valence-electron chi connectivity index (χ1n) is 17.5. The Labute approximate surface area is 288 Å². The minimum Gasteiger partial charge on any atom is -0.391 e. The van der Waals surface area contributed by atoms with Gasteiger partial charge in [-0.3, -0.25) is 14.5 Å². The van der Waals surface area contributed by atoms with Crippen molar-refractivity contribution in [3.63, 3.8) is 0 Å². The van der Waals surface area contributed by atoms with Gasteiger partial charge in [0.1, 0.15) is 12.0 Å². The third-order valence-corrected chi connectivity index (χ3v) is 11.5. The average molecular weight is 678 g/mol. The second kappa shape index (κ2) is 14.7. The standard InChI is InChI=1S/C36H51N7O4S/c1-23(2)32(30-19-31(40-47-30)42-16-14-41(15-17-42)21-36(5)10-12-37-13-11-36)35(46)43-20-28(44)18-29(43)34(45)39-24(3)26-6-8-27(9-7-26)33-25(4)38-22-48-33/h6-9,19,22-24,28-29,32,37,44H,10-18,20-21H2,1-5H3,(H,39,45)/t24-,28+,29-,32-/m0/s1. The quantitative estimate of drug-likeness (QED) is 0.290. The number of thiazole rings is 1. The van der Waals surface area contributed by atoms with Crippen LogP contribution >= 0.6 is 11.3 Å². The smallest absolute Gasteiger partial charge is 0.243 e. The van der Waals surface area contributed by atoms with E-state index in [1.807, 2.05) is 63.5 Å². The first-order valence-corrected chi connectivity index (χ1v) is 18.3. The largest absolute Gasteiger partial charge is 0.391 e. The van der Waals surface area contributed by atoms with Gasteiger partial charge in [0.05, 0.1) is 28.2 Å². The summed E-state index contributed by atoms with van der Waals surface area (Å²) in [4.78, 5) is 39.6. The third kappa shape index (κ3) is 7.61. The number of rotatable bonds is 10. The SMILES string of the molecule is Cc1ncsc1-c1ccc([C@H](C)NC(=O)[C@@H]2C[C@@H](O)CN2C(=O)[C@H](c2cc(N3CCN(CC4(C)CCNCC4)CC3)no2)C(C)C)cc1. The van der Waals surface area contributed by atoms with Gasteiger partial charge in [0, 0.05) is 51.8 Å². The Balaban J connectivity index is 1.08. The predicted molar refractivity (Wildman–Crippen MR) is 188 cm³/mol. The Kier molecular flexibility index (Phi) is 10.5. The van der Waals surface area contributed by atoms with Crippen molar-refractivity contribution in [2.24, 2.45) is 11.3 Å². The fraction of sp³-hybridized carbons (Fsp3) is 0.611. The van der Waals surface area contributed by atoms with Gasteiger partial charge in [-0.2, -0.15) is 0 Å². The van der Waals surface area contributed by atoms with E-state index >= 15 is 0 Å². The Bertz CT molecular complexity index is 1540. The molecule has 4 atom stereocenters. The zero-order valence-electron chi connectivity index (χ0n) is 28.9. The van der Waals surface area contributed by atoms with E-state index in [4.69, 9.17) is 4.52 Å². The first kappa shape index (κ1) is 34.5. The second-order valence-corrected chi connectivity index (χ2v) is 15.5. The Hall–Kier alpha value is -3.32. The molecule has 3 saturated heterocycles. The molecule has 12 heteroatoms. The van der Waals surface area contributed by atoms with Crippen LogP contribution in [0.3, 0.4) is 0 Å². The predicted octanol–water partition coefficient (Wildman–Crippen LogP) is 4.20. The van der Waals surface area contributed by atoms with Crippen molar-refractivity contribution < 1.29 is 19.2 Å². The summed E-state index contributed by atoms with van der Waals surface area (Å²) in [6.45, 7) is 17.3. The molecule has 260 valence electrons. The van der Waals surface area contributed by atoms with Crippen molar-refractivity contribution in [2.75, 3.05) is 57.3 Å². The Morgan fingerprint density at radius 1 is 1.12 bits per heavy atom. The maximum Gasteiger partial charge on any atom is 0.243 e. The maximum atomic E-state index is 14.1. The molecule has 3 fully saturated rings. The van der Waals surface area contributed by atoms with E-state index in [0.29, 0.717) is 11.2 Å². The van der Waals surface area contributed by atoms with E-state index in [-0.39, 0.29) is 36.7 Å². The Morgan fingerprint density at radius 3 is 2.48 bits per heavy atom. The highest BCUT2D eigenvalue weighted by molar-refractivity contribution is 7.13. The summed E-state index contributed by atoms with van der Waals surface area (Å²) in [7, 11) is 0. The molecule has 2 aromatic heterocycles. The van der Waals surface area contributed by atoms with Crippen molar-refractivity contribution in [1.29, 1.82) is 0 Å². The van der Waals surface area contributed by atoms with E-state index < -0.39 is 18.1 Å². The number of piperidine rings is 1. The summed E-state index contributed by atoms with van der Waals surface area (Å²) < 4.78 is 5.85. The van der Waals surface area contributed by atoms with E-state index in [1.54, 1.807) is 11.3 Å². The van der Waals surface area contributed by atoms with Crippen LogP contribution in [0.1, 0.15) is 75.9 Å². The summed E-state index contributed by atoms with van der Waals surface area (Å²) in [5.41, 5.74) is 5.25. The number of nitrogens with one attached hydrogen (secondary N) is 2. The molecule has 2 amide bonds. The van der Waals surface area contributed by atoms with Gasteiger partial charge >= 0.3 is 0 Å². The lowest BCUT2D eigenvalue weighted by molar-refractivity contribution is -0.141. The van der Waals surface area contributed by atoms with Crippen molar-refractivity contribution >= 4 is 29.0 Å². The number of hydrogen-bond acceptors (Lipinski definition) is 10. The minimum atomic E-state index is -0.775. The van der Waals surface area contributed by atoms with Crippen LogP contribution in [0.4, 0.5) is 5.82 Å². The number of aryl methyl sites for hydroxylation is 1. The molecule has 0 bridgehead atoms. The molecule has 0 spiro atoms. The maximum absolute atomic E-state index is 14.1. The lowest BCUT2D eigenvalue weighted by Gasteiger charge is -2.42. The number of carbonyl (C=O) groups excluding carboxylic acids is 2. The lowest BCUT2D eigenvalue weighted by atomic mass is 9.80. The van der Waals surface area contributed by atoms with Crippen LogP contribution in [0.15, 0.2) is 40.4 Å². The topological polar surface area (TPSA) is 127 Å². The van der Waals surface area contributed by atoms with Crippen LogP contribution in [0.25, 0.3) is 10.4 Å². The van der Waals surface area contributed by atoms with Crippen molar-refractivity contribution in [1.82, 2.24) is 30.6 Å². The molecule has 11 nitrogen and oxygen atoms in total. The molecule has 0 aliphatic carbocycles. The van der Waals surface area contributed by atoms with Crippen LogP contribution < -0.4 is 15.5 Å². The van der Waals surface area contributed by atoms with Crippen LogP contribution in [0, 0.1) is 18.3 Å². The van der Waals surface area contributed by atoms with Crippen molar-refractivity contribution in [2.45, 2.75) is 78.0 Å². The fourth-order valence-electron chi connectivity index (χ4n) is 7.55. The van der Waals surface area contributed by atoms with Crippen LogP contribution in [0.5, 0.6) is 0 Å². The van der Waals surface area contributed by atoms with E-state index in [2.05, 4.69) is 37.5 Å². The van der Waals surface area contributed by atoms with Crippen molar-refractivity contribution in [3.05, 3.63) is 52.9 Å². The van der Waals surface area contributed by atoms with Crippen LogP contribution in [0.2, 0.25) is 0 Å². The number of amides is 2. The first-order chi connectivity index (χ1) is 23.0. The van der Waals surface area contributed by atoms with Gasteiger partial charge in [0.2, 0.25) is 11.8 Å². The highest BCUT2D eigenvalue weighted by Gasteiger charge is 2.43. The fourth-order valence-corrected chi connectivity index (χ4v) is 8.37. The summed E-state index contributed by atoms with van der Waals surface area (Å²) >= 11 is 1.61. The Morgan fingerprint density at radius 2 is 1.83 bits per heavy atom. The molecule has 6 rings (SSSR count). The molecular weight excluding hydrogens is 627 g/mol.